The van der Waals surface area contributed by atoms with Crippen molar-refractivity contribution in [2.24, 2.45) is 0 Å². The monoisotopic (exact) mass is 360 g/mol. The summed E-state index contributed by atoms with van der Waals surface area (Å²) >= 11 is 7.19. The van der Waals surface area contributed by atoms with Gasteiger partial charge >= 0.3 is 0 Å². The average Bonchev–Trinajstić information content (AvgIpc) is 2.33. The van der Waals surface area contributed by atoms with E-state index in [1.807, 2.05) is 0 Å². The molecule has 2 rings (SSSR count). The van der Waals surface area contributed by atoms with Crippen LogP contribution in [0.25, 0.3) is 0 Å². The van der Waals surface area contributed by atoms with Crippen molar-refractivity contribution in [2.45, 2.75) is 25.8 Å². The van der Waals surface area contributed by atoms with Crippen LogP contribution in [0.1, 0.15) is 19.8 Å². The maximum atomic E-state index is 3.64. The number of rotatable bonds is 3. The number of hydrogen-bond acceptors (Lipinski definition) is 2. The Hall–Kier alpha value is -0.0600. The summed E-state index contributed by atoms with van der Waals surface area (Å²) in [7, 11) is 0. The van der Waals surface area contributed by atoms with Crippen molar-refractivity contribution in [3.8, 4) is 0 Å². The number of nitrogens with zero attached hydrogens (tertiary/aromatic N) is 1. The standard InChI is InChI=1S/C13H18Br2N2/c1-2-16-11-4-3-7-17(9-11)13-8-10(14)5-6-12(13)15/h5-6,8,11,16H,2-4,7,9H2,1H3. The van der Waals surface area contributed by atoms with E-state index in [0.717, 1.165) is 24.1 Å². The number of nitrogens with one attached hydrogen (secondary N) is 1. The predicted octanol–water partition coefficient (Wildman–Crippen LogP) is 3.79. The van der Waals surface area contributed by atoms with Crippen LogP contribution in [0.15, 0.2) is 27.1 Å². The van der Waals surface area contributed by atoms with Crippen LogP contribution in [0.3, 0.4) is 0 Å². The molecule has 0 amide bonds. The van der Waals surface area contributed by atoms with Crippen LogP contribution >= 0.6 is 31.9 Å². The molecular weight excluding hydrogens is 344 g/mol. The first-order chi connectivity index (χ1) is 8.20. The summed E-state index contributed by atoms with van der Waals surface area (Å²) in [5, 5.41) is 3.55. The van der Waals surface area contributed by atoms with Crippen LogP contribution in [0.2, 0.25) is 0 Å². The first kappa shape index (κ1) is 13.4. The topological polar surface area (TPSA) is 15.3 Å². The van der Waals surface area contributed by atoms with Gasteiger partial charge in [-0.1, -0.05) is 22.9 Å². The van der Waals surface area contributed by atoms with Crippen LogP contribution in [0.5, 0.6) is 0 Å². The molecule has 1 fully saturated rings. The quantitative estimate of drug-likeness (QED) is 0.881. The van der Waals surface area contributed by atoms with Crippen molar-refractivity contribution in [3.63, 3.8) is 0 Å². The molecule has 1 aliphatic heterocycles. The SMILES string of the molecule is CCNC1CCCN(c2cc(Br)ccc2Br)C1. The van der Waals surface area contributed by atoms with Gasteiger partial charge < -0.3 is 10.2 Å². The van der Waals surface area contributed by atoms with Crippen molar-refractivity contribution in [2.75, 3.05) is 24.5 Å². The van der Waals surface area contributed by atoms with Crippen LogP contribution in [-0.2, 0) is 0 Å². The lowest BCUT2D eigenvalue weighted by molar-refractivity contribution is 0.431. The molecule has 1 saturated heterocycles. The minimum absolute atomic E-state index is 0.625. The third-order valence-corrected chi connectivity index (χ3v) is 4.33. The molecule has 1 heterocycles. The van der Waals surface area contributed by atoms with Gasteiger partial charge in [-0.05, 0) is 53.5 Å². The molecule has 17 heavy (non-hydrogen) atoms. The molecular formula is C13H18Br2N2. The fourth-order valence-corrected chi connectivity index (χ4v) is 3.23. The van der Waals surface area contributed by atoms with E-state index in [1.165, 1.54) is 23.0 Å². The van der Waals surface area contributed by atoms with Gasteiger partial charge in [-0.25, -0.2) is 0 Å². The Bertz CT molecular complexity index is 380. The Morgan fingerprint density at radius 3 is 3.00 bits per heavy atom. The molecule has 0 spiro atoms. The molecule has 1 aliphatic rings. The van der Waals surface area contributed by atoms with E-state index in [2.05, 4.69) is 67.2 Å². The van der Waals surface area contributed by atoms with Crippen LogP contribution in [-0.4, -0.2) is 25.7 Å². The zero-order valence-corrected chi connectivity index (χ0v) is 13.2. The van der Waals surface area contributed by atoms with Crippen molar-refractivity contribution in [1.82, 2.24) is 5.32 Å². The van der Waals surface area contributed by atoms with Gasteiger partial charge in [0, 0.05) is 28.1 Å². The molecule has 1 unspecified atom stereocenters. The third-order valence-electron chi connectivity index (χ3n) is 3.16. The fourth-order valence-electron chi connectivity index (χ4n) is 2.38. The number of benzene rings is 1. The predicted molar refractivity (Wildman–Crippen MR) is 80.8 cm³/mol. The average molecular weight is 362 g/mol. The van der Waals surface area contributed by atoms with Crippen LogP contribution < -0.4 is 10.2 Å². The van der Waals surface area contributed by atoms with E-state index in [0.29, 0.717) is 6.04 Å². The lowest BCUT2D eigenvalue weighted by Gasteiger charge is -2.35. The minimum Gasteiger partial charge on any atom is -0.369 e. The first-order valence-electron chi connectivity index (χ1n) is 6.14. The van der Waals surface area contributed by atoms with Gasteiger partial charge in [0.25, 0.3) is 0 Å². The number of likely N-dealkylation sites (N-methyl/N-ethyl adjacent to an activating group) is 1. The molecule has 0 bridgehead atoms. The van der Waals surface area contributed by atoms with Gasteiger partial charge in [-0.2, -0.15) is 0 Å². The van der Waals surface area contributed by atoms with Crippen molar-refractivity contribution < 1.29 is 0 Å². The highest BCUT2D eigenvalue weighted by Crippen LogP contribution is 2.31. The number of hydrogen-bond donors (Lipinski definition) is 1. The molecule has 1 atom stereocenters. The van der Waals surface area contributed by atoms with E-state index >= 15 is 0 Å². The summed E-state index contributed by atoms with van der Waals surface area (Å²) in [6.07, 6.45) is 2.55. The van der Waals surface area contributed by atoms with E-state index in [-0.39, 0.29) is 0 Å². The second-order valence-corrected chi connectivity index (χ2v) is 6.21. The summed E-state index contributed by atoms with van der Waals surface area (Å²) in [6, 6.07) is 6.99. The largest absolute Gasteiger partial charge is 0.369 e. The lowest BCUT2D eigenvalue weighted by Crippen LogP contribution is -2.45. The highest BCUT2D eigenvalue weighted by molar-refractivity contribution is 9.11. The van der Waals surface area contributed by atoms with Crippen molar-refractivity contribution in [1.29, 1.82) is 0 Å². The van der Waals surface area contributed by atoms with E-state index in [9.17, 15) is 0 Å². The van der Waals surface area contributed by atoms with Gasteiger partial charge in [0.1, 0.15) is 0 Å². The molecule has 4 heteroatoms. The van der Waals surface area contributed by atoms with Crippen molar-refractivity contribution >= 4 is 37.5 Å². The van der Waals surface area contributed by atoms with Gasteiger partial charge in [0.05, 0.1) is 5.69 Å². The fraction of sp³-hybridized carbons (Fsp3) is 0.538. The summed E-state index contributed by atoms with van der Waals surface area (Å²) in [5.41, 5.74) is 1.29. The Labute approximate surface area is 120 Å². The molecule has 1 N–H and O–H groups in total. The number of anilines is 1. The normalized spacial score (nSPS) is 20.6. The smallest absolute Gasteiger partial charge is 0.0522 e. The number of piperidine rings is 1. The first-order valence-corrected chi connectivity index (χ1v) is 7.72. The van der Waals surface area contributed by atoms with Gasteiger partial charge in [0.2, 0.25) is 0 Å². The maximum Gasteiger partial charge on any atom is 0.0522 e. The molecule has 0 aliphatic carbocycles. The van der Waals surface area contributed by atoms with Gasteiger partial charge in [-0.3, -0.25) is 0 Å². The summed E-state index contributed by atoms with van der Waals surface area (Å²) in [5.74, 6) is 0. The third kappa shape index (κ3) is 3.46. The maximum absolute atomic E-state index is 3.64. The van der Waals surface area contributed by atoms with Gasteiger partial charge in [0.15, 0.2) is 0 Å². The molecule has 0 aromatic heterocycles. The highest BCUT2D eigenvalue weighted by Gasteiger charge is 2.20. The number of halogens is 2. The minimum atomic E-state index is 0.625. The van der Waals surface area contributed by atoms with E-state index in [4.69, 9.17) is 0 Å². The van der Waals surface area contributed by atoms with E-state index < -0.39 is 0 Å². The Kier molecular flexibility index (Phi) is 4.88. The Morgan fingerprint density at radius 1 is 1.41 bits per heavy atom. The van der Waals surface area contributed by atoms with Crippen LogP contribution in [0, 0.1) is 0 Å². The molecule has 1 aromatic rings. The Balaban J connectivity index is 2.13. The van der Waals surface area contributed by atoms with E-state index in [1.54, 1.807) is 0 Å². The summed E-state index contributed by atoms with van der Waals surface area (Å²) in [6.45, 7) is 5.48. The lowest BCUT2D eigenvalue weighted by atomic mass is 10.0. The summed E-state index contributed by atoms with van der Waals surface area (Å²) in [4.78, 5) is 2.46. The van der Waals surface area contributed by atoms with Gasteiger partial charge in [-0.15, -0.1) is 0 Å². The Morgan fingerprint density at radius 2 is 2.24 bits per heavy atom. The highest BCUT2D eigenvalue weighted by atomic mass is 79.9. The van der Waals surface area contributed by atoms with Crippen LogP contribution in [0.4, 0.5) is 5.69 Å². The summed E-state index contributed by atoms with van der Waals surface area (Å²) < 4.78 is 2.32. The zero-order chi connectivity index (χ0) is 12.3. The zero-order valence-electron chi connectivity index (χ0n) is 10.0. The molecule has 0 saturated carbocycles. The molecule has 0 radical (unpaired) electrons. The molecule has 94 valence electrons. The molecule has 1 aromatic carbocycles. The molecule has 2 nitrogen and oxygen atoms in total. The second-order valence-electron chi connectivity index (χ2n) is 4.44. The van der Waals surface area contributed by atoms with Crippen molar-refractivity contribution in [3.05, 3.63) is 27.1 Å². The second kappa shape index (κ2) is 6.21.